The van der Waals surface area contributed by atoms with Crippen LogP contribution < -0.4 is 5.32 Å². The summed E-state index contributed by atoms with van der Waals surface area (Å²) in [6.45, 7) is 8.62. The summed E-state index contributed by atoms with van der Waals surface area (Å²) < 4.78 is 0. The molecular weight excluding hydrogens is 224 g/mol. The van der Waals surface area contributed by atoms with E-state index < -0.39 is 0 Å². The van der Waals surface area contributed by atoms with Crippen LogP contribution in [0.4, 0.5) is 0 Å². The lowest BCUT2D eigenvalue weighted by molar-refractivity contribution is 0.734. The highest BCUT2D eigenvalue weighted by Gasteiger charge is 2.02. The quantitative estimate of drug-likeness (QED) is 0.797. The second kappa shape index (κ2) is 7.25. The first-order valence-electron chi connectivity index (χ1n) is 5.44. The van der Waals surface area contributed by atoms with Gasteiger partial charge in [0, 0.05) is 23.4 Å². The second-order valence-electron chi connectivity index (χ2n) is 3.91. The Labute approximate surface area is 101 Å². The molecular formula is C11H20N2S2. The van der Waals surface area contributed by atoms with E-state index in [1.54, 1.807) is 0 Å². The van der Waals surface area contributed by atoms with Crippen LogP contribution in [0.25, 0.3) is 0 Å². The van der Waals surface area contributed by atoms with Gasteiger partial charge in [-0.05, 0) is 18.2 Å². The molecule has 1 N–H and O–H groups in total. The van der Waals surface area contributed by atoms with Crippen molar-refractivity contribution in [1.29, 1.82) is 0 Å². The van der Waals surface area contributed by atoms with Gasteiger partial charge in [-0.25, -0.2) is 4.98 Å². The Morgan fingerprint density at radius 1 is 1.53 bits per heavy atom. The number of aromatic nitrogens is 1. The minimum absolute atomic E-state index is 0.774. The van der Waals surface area contributed by atoms with Crippen molar-refractivity contribution in [2.45, 2.75) is 33.1 Å². The standard InChI is InChI=1S/C11H20N2S2/c1-4-12-5-10-6-13-11(15-10)8-14-7-9(2)3/h6,9,12H,4-5,7-8H2,1-3H3. The molecule has 86 valence electrons. The minimum atomic E-state index is 0.774. The summed E-state index contributed by atoms with van der Waals surface area (Å²) in [5, 5.41) is 4.57. The Morgan fingerprint density at radius 3 is 3.00 bits per heavy atom. The fourth-order valence-electron chi connectivity index (χ4n) is 1.13. The third-order valence-electron chi connectivity index (χ3n) is 1.83. The van der Waals surface area contributed by atoms with Crippen LogP contribution in [0.2, 0.25) is 0 Å². The summed E-state index contributed by atoms with van der Waals surface area (Å²) in [7, 11) is 0. The number of hydrogen-bond donors (Lipinski definition) is 1. The molecule has 2 nitrogen and oxygen atoms in total. The lowest BCUT2D eigenvalue weighted by Gasteiger charge is -2.01. The molecule has 0 aliphatic rings. The van der Waals surface area contributed by atoms with Crippen molar-refractivity contribution in [3.63, 3.8) is 0 Å². The molecule has 1 rings (SSSR count). The average Bonchev–Trinajstić information content (AvgIpc) is 2.62. The molecule has 1 aromatic heterocycles. The summed E-state index contributed by atoms with van der Waals surface area (Å²) in [5.74, 6) is 3.06. The maximum atomic E-state index is 4.42. The van der Waals surface area contributed by atoms with Crippen LogP contribution in [0, 0.1) is 5.92 Å². The lowest BCUT2D eigenvalue weighted by atomic mass is 10.3. The van der Waals surface area contributed by atoms with E-state index in [9.17, 15) is 0 Å². The van der Waals surface area contributed by atoms with E-state index in [-0.39, 0.29) is 0 Å². The van der Waals surface area contributed by atoms with E-state index >= 15 is 0 Å². The van der Waals surface area contributed by atoms with Crippen molar-refractivity contribution in [1.82, 2.24) is 10.3 Å². The molecule has 0 radical (unpaired) electrons. The number of rotatable bonds is 7. The Bertz CT molecular complexity index is 271. The van der Waals surface area contributed by atoms with Crippen molar-refractivity contribution in [2.24, 2.45) is 5.92 Å². The third kappa shape index (κ3) is 5.54. The minimum Gasteiger partial charge on any atom is -0.312 e. The molecule has 0 bridgehead atoms. The van der Waals surface area contributed by atoms with E-state index in [0.29, 0.717) is 0 Å². The van der Waals surface area contributed by atoms with Crippen LogP contribution in [0.3, 0.4) is 0 Å². The molecule has 0 saturated carbocycles. The van der Waals surface area contributed by atoms with Gasteiger partial charge in [-0.1, -0.05) is 20.8 Å². The topological polar surface area (TPSA) is 24.9 Å². The predicted molar refractivity (Wildman–Crippen MR) is 70.5 cm³/mol. The molecule has 0 saturated heterocycles. The van der Waals surface area contributed by atoms with Gasteiger partial charge in [0.05, 0.1) is 0 Å². The highest BCUT2D eigenvalue weighted by Crippen LogP contribution is 2.20. The zero-order valence-corrected chi connectivity index (χ0v) is 11.4. The first-order chi connectivity index (χ1) is 7.22. The molecule has 0 atom stereocenters. The van der Waals surface area contributed by atoms with Gasteiger partial charge in [0.25, 0.3) is 0 Å². The summed E-state index contributed by atoms with van der Waals surface area (Å²) in [6.07, 6.45) is 2.00. The SMILES string of the molecule is CCNCc1cnc(CSCC(C)C)s1. The van der Waals surface area contributed by atoms with E-state index in [2.05, 4.69) is 31.1 Å². The molecule has 0 unspecified atom stereocenters. The number of nitrogens with one attached hydrogen (secondary N) is 1. The summed E-state index contributed by atoms with van der Waals surface area (Å²) in [4.78, 5) is 5.77. The lowest BCUT2D eigenvalue weighted by Crippen LogP contribution is -2.10. The molecule has 0 spiro atoms. The molecule has 1 aromatic rings. The van der Waals surface area contributed by atoms with Crippen LogP contribution in [0.15, 0.2) is 6.20 Å². The summed E-state index contributed by atoms with van der Waals surface area (Å²) in [6, 6.07) is 0. The largest absolute Gasteiger partial charge is 0.312 e. The highest BCUT2D eigenvalue weighted by atomic mass is 32.2. The fourth-order valence-corrected chi connectivity index (χ4v) is 3.14. The van der Waals surface area contributed by atoms with Crippen LogP contribution in [0.1, 0.15) is 30.7 Å². The normalized spacial score (nSPS) is 11.2. The van der Waals surface area contributed by atoms with Crippen molar-refractivity contribution < 1.29 is 0 Å². The summed E-state index contributed by atoms with van der Waals surface area (Å²) >= 11 is 3.81. The predicted octanol–water partition coefficient (Wildman–Crippen LogP) is 3.14. The van der Waals surface area contributed by atoms with Crippen molar-refractivity contribution in [3.05, 3.63) is 16.1 Å². The van der Waals surface area contributed by atoms with Crippen molar-refractivity contribution in [2.75, 3.05) is 12.3 Å². The molecule has 0 fully saturated rings. The molecule has 15 heavy (non-hydrogen) atoms. The van der Waals surface area contributed by atoms with Crippen molar-refractivity contribution >= 4 is 23.1 Å². The van der Waals surface area contributed by atoms with Crippen LogP contribution in [-0.2, 0) is 12.3 Å². The molecule has 4 heteroatoms. The number of hydrogen-bond acceptors (Lipinski definition) is 4. The monoisotopic (exact) mass is 244 g/mol. The number of nitrogens with zero attached hydrogens (tertiary/aromatic N) is 1. The first kappa shape index (κ1) is 13.0. The van der Waals surface area contributed by atoms with Crippen LogP contribution in [-0.4, -0.2) is 17.3 Å². The average molecular weight is 244 g/mol. The van der Waals surface area contributed by atoms with Gasteiger partial charge in [0.2, 0.25) is 0 Å². The smallest absolute Gasteiger partial charge is 0.103 e. The Kier molecular flexibility index (Phi) is 6.29. The molecule has 0 amide bonds. The second-order valence-corrected chi connectivity index (χ2v) is 6.14. The van der Waals surface area contributed by atoms with E-state index in [4.69, 9.17) is 0 Å². The Balaban J connectivity index is 2.26. The van der Waals surface area contributed by atoms with Gasteiger partial charge in [-0.3, -0.25) is 0 Å². The van der Waals surface area contributed by atoms with Crippen molar-refractivity contribution in [3.8, 4) is 0 Å². The Morgan fingerprint density at radius 2 is 2.33 bits per heavy atom. The summed E-state index contributed by atoms with van der Waals surface area (Å²) in [5.41, 5.74) is 0. The van der Waals surface area contributed by atoms with Gasteiger partial charge in [0.15, 0.2) is 0 Å². The molecule has 0 aliphatic carbocycles. The van der Waals surface area contributed by atoms with Gasteiger partial charge in [-0.15, -0.1) is 11.3 Å². The van der Waals surface area contributed by atoms with E-state index in [1.807, 2.05) is 29.3 Å². The maximum absolute atomic E-state index is 4.42. The van der Waals surface area contributed by atoms with Gasteiger partial charge < -0.3 is 5.32 Å². The highest BCUT2D eigenvalue weighted by molar-refractivity contribution is 7.98. The molecule has 1 heterocycles. The number of thiazole rings is 1. The zero-order chi connectivity index (χ0) is 11.1. The first-order valence-corrected chi connectivity index (χ1v) is 7.41. The van der Waals surface area contributed by atoms with Gasteiger partial charge in [-0.2, -0.15) is 11.8 Å². The number of thioether (sulfide) groups is 1. The maximum Gasteiger partial charge on any atom is 0.103 e. The van der Waals surface area contributed by atoms with E-state index in [0.717, 1.165) is 24.8 Å². The Hall–Kier alpha value is -0.0600. The molecule has 0 aromatic carbocycles. The fraction of sp³-hybridized carbons (Fsp3) is 0.727. The van der Waals surface area contributed by atoms with Gasteiger partial charge in [0.1, 0.15) is 5.01 Å². The van der Waals surface area contributed by atoms with Gasteiger partial charge >= 0.3 is 0 Å². The van der Waals surface area contributed by atoms with Crippen LogP contribution in [0.5, 0.6) is 0 Å². The third-order valence-corrected chi connectivity index (χ3v) is 4.39. The van der Waals surface area contributed by atoms with E-state index in [1.165, 1.54) is 15.6 Å². The molecule has 0 aliphatic heterocycles. The van der Waals surface area contributed by atoms with Crippen LogP contribution >= 0.6 is 23.1 Å². The zero-order valence-electron chi connectivity index (χ0n) is 9.75.